The Morgan fingerprint density at radius 1 is 1.44 bits per heavy atom. The number of hydrogen-bond donors (Lipinski definition) is 2. The Morgan fingerprint density at radius 2 is 2.22 bits per heavy atom. The standard InChI is InChI=1S/C15H19NO2/c1-10-4-3-5-12(15(10)18)9-16-14-7-6-13(17)8-11(14)2/h6-10,16-17H,3-5H2,1-2H3. The van der Waals surface area contributed by atoms with Crippen molar-refractivity contribution < 1.29 is 9.90 Å². The molecule has 0 bridgehead atoms. The molecule has 0 heterocycles. The van der Waals surface area contributed by atoms with Gasteiger partial charge in [-0.05, 0) is 49.9 Å². The molecule has 0 aromatic heterocycles. The molecule has 1 aliphatic rings. The smallest absolute Gasteiger partial charge is 0.163 e. The number of hydrogen-bond acceptors (Lipinski definition) is 3. The Bertz CT molecular complexity index is 491. The van der Waals surface area contributed by atoms with Crippen LogP contribution in [0.5, 0.6) is 5.75 Å². The van der Waals surface area contributed by atoms with Gasteiger partial charge in [-0.3, -0.25) is 4.79 Å². The highest BCUT2D eigenvalue weighted by Gasteiger charge is 2.22. The Morgan fingerprint density at radius 3 is 2.94 bits per heavy atom. The lowest BCUT2D eigenvalue weighted by atomic mass is 9.86. The highest BCUT2D eigenvalue weighted by Crippen LogP contribution is 2.26. The highest BCUT2D eigenvalue weighted by atomic mass is 16.3. The third kappa shape index (κ3) is 2.73. The third-order valence-corrected chi connectivity index (χ3v) is 3.46. The van der Waals surface area contributed by atoms with Crippen molar-refractivity contribution >= 4 is 11.5 Å². The van der Waals surface area contributed by atoms with Crippen molar-refractivity contribution in [3.05, 3.63) is 35.5 Å². The van der Waals surface area contributed by atoms with Crippen molar-refractivity contribution in [2.24, 2.45) is 5.92 Å². The molecule has 0 aliphatic heterocycles. The van der Waals surface area contributed by atoms with Gasteiger partial charge in [0.05, 0.1) is 0 Å². The number of nitrogens with one attached hydrogen (secondary N) is 1. The quantitative estimate of drug-likeness (QED) is 0.620. The van der Waals surface area contributed by atoms with E-state index in [2.05, 4.69) is 5.32 Å². The highest BCUT2D eigenvalue weighted by molar-refractivity contribution is 5.97. The second kappa shape index (κ2) is 5.25. The number of carbonyl (C=O) groups excluding carboxylic acids is 1. The van der Waals surface area contributed by atoms with Gasteiger partial charge in [-0.25, -0.2) is 0 Å². The van der Waals surface area contributed by atoms with Gasteiger partial charge in [-0.15, -0.1) is 0 Å². The van der Waals surface area contributed by atoms with Gasteiger partial charge in [0.15, 0.2) is 5.78 Å². The zero-order chi connectivity index (χ0) is 13.1. The summed E-state index contributed by atoms with van der Waals surface area (Å²) in [6.45, 7) is 3.91. The van der Waals surface area contributed by atoms with Crippen LogP contribution in [-0.4, -0.2) is 10.9 Å². The second-order valence-corrected chi connectivity index (χ2v) is 4.97. The fraction of sp³-hybridized carbons (Fsp3) is 0.400. The molecule has 0 saturated heterocycles. The molecule has 2 N–H and O–H groups in total. The van der Waals surface area contributed by atoms with E-state index in [1.807, 2.05) is 26.1 Å². The molecule has 0 radical (unpaired) electrons. The molecule has 1 aliphatic carbocycles. The SMILES string of the molecule is Cc1cc(O)ccc1NC=C1CCCC(C)C1=O. The summed E-state index contributed by atoms with van der Waals surface area (Å²) in [6.07, 6.45) is 4.74. The number of Topliss-reactive ketones (excluding diaryl/α,β-unsaturated/α-hetero) is 1. The van der Waals surface area contributed by atoms with E-state index in [9.17, 15) is 9.90 Å². The van der Waals surface area contributed by atoms with Gasteiger partial charge in [0.1, 0.15) is 5.75 Å². The zero-order valence-electron chi connectivity index (χ0n) is 10.9. The number of aromatic hydroxyl groups is 1. The Balaban J connectivity index is 2.12. The monoisotopic (exact) mass is 245 g/mol. The summed E-state index contributed by atoms with van der Waals surface area (Å²) in [7, 11) is 0. The van der Waals surface area contributed by atoms with Crippen molar-refractivity contribution in [1.29, 1.82) is 0 Å². The normalized spacial score (nSPS) is 22.2. The van der Waals surface area contributed by atoms with Gasteiger partial charge in [0.2, 0.25) is 0 Å². The summed E-state index contributed by atoms with van der Waals surface area (Å²) in [4.78, 5) is 11.9. The van der Waals surface area contributed by atoms with E-state index in [4.69, 9.17) is 0 Å². The molecule has 1 aromatic rings. The van der Waals surface area contributed by atoms with Crippen LogP contribution in [0.2, 0.25) is 0 Å². The van der Waals surface area contributed by atoms with E-state index in [1.165, 1.54) is 0 Å². The summed E-state index contributed by atoms with van der Waals surface area (Å²) in [5, 5.41) is 12.5. The maximum atomic E-state index is 11.9. The lowest BCUT2D eigenvalue weighted by Gasteiger charge is -2.19. The Hall–Kier alpha value is -1.77. The summed E-state index contributed by atoms with van der Waals surface area (Å²) < 4.78 is 0. The minimum absolute atomic E-state index is 0.146. The largest absolute Gasteiger partial charge is 0.508 e. The number of carbonyl (C=O) groups is 1. The molecule has 0 amide bonds. The first kappa shape index (κ1) is 12.7. The molecular weight excluding hydrogens is 226 g/mol. The molecular formula is C15H19NO2. The predicted molar refractivity (Wildman–Crippen MR) is 72.6 cm³/mol. The molecule has 3 heteroatoms. The van der Waals surface area contributed by atoms with Crippen LogP contribution in [-0.2, 0) is 4.79 Å². The van der Waals surface area contributed by atoms with E-state index < -0.39 is 0 Å². The minimum Gasteiger partial charge on any atom is -0.508 e. The summed E-state index contributed by atoms with van der Waals surface area (Å²) >= 11 is 0. The molecule has 1 aromatic carbocycles. The van der Waals surface area contributed by atoms with Gasteiger partial charge in [-0.2, -0.15) is 0 Å². The molecule has 1 saturated carbocycles. The number of rotatable bonds is 2. The van der Waals surface area contributed by atoms with E-state index in [0.29, 0.717) is 0 Å². The maximum Gasteiger partial charge on any atom is 0.163 e. The van der Waals surface area contributed by atoms with Crippen LogP contribution in [0.3, 0.4) is 0 Å². The van der Waals surface area contributed by atoms with Gasteiger partial charge in [-0.1, -0.05) is 6.92 Å². The fourth-order valence-corrected chi connectivity index (χ4v) is 2.29. The van der Waals surface area contributed by atoms with E-state index in [-0.39, 0.29) is 17.5 Å². The average Bonchev–Trinajstić information content (AvgIpc) is 2.33. The van der Waals surface area contributed by atoms with Crippen LogP contribution in [0.4, 0.5) is 5.69 Å². The molecule has 2 rings (SSSR count). The molecule has 96 valence electrons. The molecule has 18 heavy (non-hydrogen) atoms. The third-order valence-electron chi connectivity index (χ3n) is 3.46. The number of ketones is 1. The van der Waals surface area contributed by atoms with Crippen LogP contribution < -0.4 is 5.32 Å². The first-order valence-electron chi connectivity index (χ1n) is 6.37. The summed E-state index contributed by atoms with van der Waals surface area (Å²) in [5.41, 5.74) is 2.76. The molecule has 1 fully saturated rings. The van der Waals surface area contributed by atoms with Gasteiger partial charge < -0.3 is 10.4 Å². The van der Waals surface area contributed by atoms with Crippen molar-refractivity contribution in [3.8, 4) is 5.75 Å². The number of aryl methyl sites for hydroxylation is 1. The average molecular weight is 245 g/mol. The predicted octanol–water partition coefficient (Wildman–Crippen LogP) is 3.39. The van der Waals surface area contributed by atoms with Crippen LogP contribution in [0, 0.1) is 12.8 Å². The summed E-state index contributed by atoms with van der Waals surface area (Å²) in [6, 6.07) is 5.16. The first-order valence-corrected chi connectivity index (χ1v) is 6.37. The lowest BCUT2D eigenvalue weighted by molar-refractivity contribution is -0.119. The topological polar surface area (TPSA) is 49.3 Å². The van der Waals surface area contributed by atoms with Crippen LogP contribution in [0.25, 0.3) is 0 Å². The minimum atomic E-state index is 0.146. The molecule has 1 atom stereocenters. The van der Waals surface area contributed by atoms with Crippen LogP contribution in [0.15, 0.2) is 30.0 Å². The van der Waals surface area contributed by atoms with Gasteiger partial charge in [0.25, 0.3) is 0 Å². The number of allylic oxidation sites excluding steroid dienone is 1. The van der Waals surface area contributed by atoms with Crippen LogP contribution in [0.1, 0.15) is 31.7 Å². The number of anilines is 1. The van der Waals surface area contributed by atoms with Gasteiger partial charge in [0, 0.05) is 23.4 Å². The maximum absolute atomic E-state index is 11.9. The zero-order valence-corrected chi connectivity index (χ0v) is 10.9. The van der Waals surface area contributed by atoms with Crippen LogP contribution >= 0.6 is 0 Å². The molecule has 1 unspecified atom stereocenters. The van der Waals surface area contributed by atoms with E-state index in [1.54, 1.807) is 12.1 Å². The first-order chi connectivity index (χ1) is 8.58. The van der Waals surface area contributed by atoms with Crippen molar-refractivity contribution in [3.63, 3.8) is 0 Å². The van der Waals surface area contributed by atoms with Gasteiger partial charge >= 0.3 is 0 Å². The Labute approximate surface area is 108 Å². The van der Waals surface area contributed by atoms with Crippen molar-refractivity contribution in [2.75, 3.05) is 5.32 Å². The van der Waals surface area contributed by atoms with E-state index in [0.717, 1.165) is 36.1 Å². The number of phenols is 1. The van der Waals surface area contributed by atoms with E-state index >= 15 is 0 Å². The van der Waals surface area contributed by atoms with Crippen molar-refractivity contribution in [2.45, 2.75) is 33.1 Å². The lowest BCUT2D eigenvalue weighted by Crippen LogP contribution is -2.19. The molecule has 3 nitrogen and oxygen atoms in total. The van der Waals surface area contributed by atoms with Crippen molar-refractivity contribution in [1.82, 2.24) is 0 Å². The second-order valence-electron chi connectivity index (χ2n) is 4.97. The Kier molecular flexibility index (Phi) is 3.70. The fourth-order valence-electron chi connectivity index (χ4n) is 2.29. The number of benzene rings is 1. The number of phenolic OH excluding ortho intramolecular Hbond substituents is 1. The summed E-state index contributed by atoms with van der Waals surface area (Å²) in [5.74, 6) is 0.658. The molecule has 0 spiro atoms.